The highest BCUT2D eigenvalue weighted by molar-refractivity contribution is 8.14. The Morgan fingerprint density at radius 3 is 2.30 bits per heavy atom. The number of hydrogen-bond donors (Lipinski definition) is 1. The van der Waals surface area contributed by atoms with Gasteiger partial charge in [-0.2, -0.15) is 0 Å². The van der Waals surface area contributed by atoms with Crippen LogP contribution in [0.2, 0.25) is 0 Å². The average molecular weight is 325 g/mol. The van der Waals surface area contributed by atoms with E-state index in [0.29, 0.717) is 19.3 Å². The third-order valence-electron chi connectivity index (χ3n) is 3.53. The molecular formula is C13H21ClO5S. The molecular weight excluding hydrogens is 304 g/mol. The maximum Gasteiger partial charge on any atom is 0.337 e. The van der Waals surface area contributed by atoms with Gasteiger partial charge in [-0.1, -0.05) is 32.1 Å². The molecule has 0 saturated heterocycles. The Hall–Kier alpha value is -0.750. The summed E-state index contributed by atoms with van der Waals surface area (Å²) >= 11 is 0. The van der Waals surface area contributed by atoms with Gasteiger partial charge in [0.05, 0.1) is 12.7 Å². The molecule has 7 heteroatoms. The summed E-state index contributed by atoms with van der Waals surface area (Å²) < 4.78 is 27.9. The van der Waals surface area contributed by atoms with Crippen molar-refractivity contribution in [3.63, 3.8) is 0 Å². The van der Waals surface area contributed by atoms with Gasteiger partial charge in [-0.25, -0.2) is 13.2 Å². The molecule has 1 N–H and O–H groups in total. The Bertz CT molecular complexity index is 469. The van der Waals surface area contributed by atoms with Crippen molar-refractivity contribution in [2.45, 2.75) is 56.6 Å². The highest BCUT2D eigenvalue weighted by Crippen LogP contribution is 2.27. The fourth-order valence-corrected chi connectivity index (χ4v) is 3.78. The van der Waals surface area contributed by atoms with Gasteiger partial charge < -0.3 is 9.84 Å². The number of aliphatic hydroxyl groups excluding tert-OH is 1. The van der Waals surface area contributed by atoms with Crippen molar-refractivity contribution >= 4 is 25.7 Å². The number of ether oxygens (including phenoxy) is 1. The van der Waals surface area contributed by atoms with Crippen LogP contribution in [0.15, 0.2) is 11.3 Å². The van der Waals surface area contributed by atoms with Gasteiger partial charge in [-0.05, 0) is 19.3 Å². The molecule has 0 aromatic rings. The first-order valence-electron chi connectivity index (χ1n) is 6.81. The third kappa shape index (κ3) is 4.98. The first-order chi connectivity index (χ1) is 9.38. The molecule has 1 atom stereocenters. The Morgan fingerprint density at radius 1 is 1.20 bits per heavy atom. The van der Waals surface area contributed by atoms with Gasteiger partial charge in [0.25, 0.3) is 0 Å². The van der Waals surface area contributed by atoms with Crippen LogP contribution in [0.5, 0.6) is 0 Å². The fraction of sp³-hybridized carbons (Fsp3) is 0.769. The monoisotopic (exact) mass is 324 g/mol. The normalized spacial score (nSPS) is 26.6. The standard InChI is InChI=1S/C13H21ClO5S/c1-19-13(16)10-8-6-4-2-3-5-7-9-11(12(10)15)20(14,17)18/h11,15H,2-9H2,1H3/b12-10-/t11-/m0/s1. The molecule has 116 valence electrons. The SMILES string of the molecule is COC(=O)/C1=C(\O)[C@@H](S(=O)(=O)Cl)CCCCCCCC1. The molecule has 0 amide bonds. The van der Waals surface area contributed by atoms with Gasteiger partial charge in [-0.15, -0.1) is 0 Å². The van der Waals surface area contributed by atoms with Crippen LogP contribution in [-0.4, -0.2) is 31.9 Å². The average Bonchev–Trinajstić information content (AvgIpc) is 2.41. The van der Waals surface area contributed by atoms with E-state index in [0.717, 1.165) is 25.7 Å². The first-order valence-corrected chi connectivity index (χ1v) is 9.19. The first kappa shape index (κ1) is 17.3. The van der Waals surface area contributed by atoms with Crippen molar-refractivity contribution in [3.8, 4) is 0 Å². The maximum absolute atomic E-state index is 11.7. The van der Waals surface area contributed by atoms with Crippen LogP contribution in [0, 0.1) is 0 Å². The molecule has 1 rings (SSSR count). The smallest absolute Gasteiger partial charge is 0.337 e. The Balaban J connectivity index is 3.15. The van der Waals surface area contributed by atoms with Crippen LogP contribution >= 0.6 is 10.7 Å². The second-order valence-corrected chi connectivity index (χ2v) is 7.79. The number of carbonyl (C=O) groups is 1. The van der Waals surface area contributed by atoms with Crippen molar-refractivity contribution in [2.24, 2.45) is 0 Å². The molecule has 0 unspecified atom stereocenters. The number of halogens is 1. The summed E-state index contributed by atoms with van der Waals surface area (Å²) in [6.07, 6.45) is 5.77. The van der Waals surface area contributed by atoms with E-state index in [-0.39, 0.29) is 12.0 Å². The molecule has 0 radical (unpaired) electrons. The summed E-state index contributed by atoms with van der Waals surface area (Å²) in [5.74, 6) is -1.14. The Kier molecular flexibility index (Phi) is 6.82. The largest absolute Gasteiger partial charge is 0.510 e. The quantitative estimate of drug-likeness (QED) is 0.623. The summed E-state index contributed by atoms with van der Waals surface area (Å²) in [6, 6.07) is 0. The number of carbonyl (C=O) groups excluding carboxylic acids is 1. The predicted molar refractivity (Wildman–Crippen MR) is 77.2 cm³/mol. The summed E-state index contributed by atoms with van der Waals surface area (Å²) in [5, 5.41) is 8.97. The molecule has 0 heterocycles. The van der Waals surface area contributed by atoms with Crippen molar-refractivity contribution in [1.82, 2.24) is 0 Å². The lowest BCUT2D eigenvalue weighted by atomic mass is 10.0. The van der Waals surface area contributed by atoms with E-state index in [1.807, 2.05) is 0 Å². The molecule has 0 aromatic carbocycles. The zero-order valence-corrected chi connectivity index (χ0v) is 13.2. The fourth-order valence-electron chi connectivity index (χ4n) is 2.40. The van der Waals surface area contributed by atoms with E-state index in [1.165, 1.54) is 7.11 Å². The third-order valence-corrected chi connectivity index (χ3v) is 5.31. The highest BCUT2D eigenvalue weighted by Gasteiger charge is 2.31. The molecule has 0 saturated carbocycles. The van der Waals surface area contributed by atoms with E-state index in [2.05, 4.69) is 4.74 Å². The van der Waals surface area contributed by atoms with Crippen LogP contribution in [-0.2, 0) is 18.6 Å². The van der Waals surface area contributed by atoms with Gasteiger partial charge in [-0.3, -0.25) is 0 Å². The number of methoxy groups -OCH3 is 1. The lowest BCUT2D eigenvalue weighted by molar-refractivity contribution is -0.136. The van der Waals surface area contributed by atoms with Crippen LogP contribution in [0.1, 0.15) is 51.4 Å². The Morgan fingerprint density at radius 2 is 1.75 bits per heavy atom. The number of aliphatic hydroxyl groups is 1. The summed E-state index contributed by atoms with van der Waals surface area (Å²) in [7, 11) is 2.64. The van der Waals surface area contributed by atoms with Crippen molar-refractivity contribution in [1.29, 1.82) is 0 Å². The van der Waals surface area contributed by atoms with Crippen LogP contribution in [0.3, 0.4) is 0 Å². The van der Waals surface area contributed by atoms with E-state index < -0.39 is 26.0 Å². The van der Waals surface area contributed by atoms with E-state index >= 15 is 0 Å². The van der Waals surface area contributed by atoms with E-state index in [1.54, 1.807) is 0 Å². The predicted octanol–water partition coefficient (Wildman–Crippen LogP) is 3.04. The summed E-state index contributed by atoms with van der Waals surface area (Å²) in [5.41, 5.74) is 0.0311. The van der Waals surface area contributed by atoms with Gasteiger partial charge in [0, 0.05) is 10.7 Å². The second-order valence-electron chi connectivity index (χ2n) is 4.98. The van der Waals surface area contributed by atoms with Crippen LogP contribution in [0.25, 0.3) is 0 Å². The zero-order chi connectivity index (χ0) is 15.2. The van der Waals surface area contributed by atoms with Crippen molar-refractivity contribution < 1.29 is 23.1 Å². The molecule has 1 aliphatic rings. The van der Waals surface area contributed by atoms with Gasteiger partial charge in [0.2, 0.25) is 9.05 Å². The zero-order valence-electron chi connectivity index (χ0n) is 11.6. The number of hydrogen-bond acceptors (Lipinski definition) is 5. The maximum atomic E-state index is 11.7. The Labute approximate surface area is 124 Å². The van der Waals surface area contributed by atoms with E-state index in [9.17, 15) is 18.3 Å². The molecule has 0 spiro atoms. The van der Waals surface area contributed by atoms with Crippen molar-refractivity contribution in [2.75, 3.05) is 7.11 Å². The van der Waals surface area contributed by atoms with Gasteiger partial charge in [0.15, 0.2) is 0 Å². The van der Waals surface area contributed by atoms with E-state index in [4.69, 9.17) is 10.7 Å². The molecule has 1 aliphatic carbocycles. The minimum absolute atomic E-state index is 0.0311. The number of esters is 1. The lowest BCUT2D eigenvalue weighted by Gasteiger charge is -2.16. The lowest BCUT2D eigenvalue weighted by Crippen LogP contribution is -2.23. The molecule has 5 nitrogen and oxygen atoms in total. The molecule has 20 heavy (non-hydrogen) atoms. The topological polar surface area (TPSA) is 80.7 Å². The molecule has 0 bridgehead atoms. The number of rotatable bonds is 2. The van der Waals surface area contributed by atoms with Gasteiger partial charge in [0.1, 0.15) is 11.0 Å². The minimum atomic E-state index is -3.97. The van der Waals surface area contributed by atoms with Crippen LogP contribution in [0.4, 0.5) is 0 Å². The highest BCUT2D eigenvalue weighted by atomic mass is 35.7. The van der Waals surface area contributed by atoms with Crippen LogP contribution < -0.4 is 0 Å². The summed E-state index contributed by atoms with van der Waals surface area (Å²) in [6.45, 7) is 0. The molecule has 0 aliphatic heterocycles. The summed E-state index contributed by atoms with van der Waals surface area (Å²) in [4.78, 5) is 11.7. The molecule has 0 fully saturated rings. The second kappa shape index (κ2) is 7.88. The minimum Gasteiger partial charge on any atom is -0.510 e. The molecule has 0 aromatic heterocycles. The van der Waals surface area contributed by atoms with Crippen molar-refractivity contribution in [3.05, 3.63) is 11.3 Å². The van der Waals surface area contributed by atoms with Gasteiger partial charge >= 0.3 is 5.97 Å².